The van der Waals surface area contributed by atoms with Crippen LogP contribution in [0.25, 0.3) is 5.70 Å². The van der Waals surface area contributed by atoms with Crippen LogP contribution in [0.15, 0.2) is 30.8 Å². The molecule has 2 aliphatic rings. The van der Waals surface area contributed by atoms with Crippen LogP contribution in [0.2, 0.25) is 0 Å². The van der Waals surface area contributed by atoms with Crippen molar-refractivity contribution in [1.82, 2.24) is 10.6 Å². The van der Waals surface area contributed by atoms with Crippen molar-refractivity contribution in [3.63, 3.8) is 0 Å². The summed E-state index contributed by atoms with van der Waals surface area (Å²) in [5, 5.41) is 16.0. The third-order valence-corrected chi connectivity index (χ3v) is 4.84. The zero-order valence-electron chi connectivity index (χ0n) is 13.1. The maximum Gasteiger partial charge on any atom is 0.0602 e. The van der Waals surface area contributed by atoms with Gasteiger partial charge in [-0.1, -0.05) is 18.7 Å². The molecule has 2 saturated carbocycles. The van der Waals surface area contributed by atoms with E-state index in [1.54, 1.807) is 0 Å². The highest BCUT2D eigenvalue weighted by molar-refractivity contribution is 5.63. The first kappa shape index (κ1) is 15.4. The second kappa shape index (κ2) is 7.16. The van der Waals surface area contributed by atoms with Crippen LogP contribution in [-0.4, -0.2) is 24.3 Å². The summed E-state index contributed by atoms with van der Waals surface area (Å²) in [5.74, 6) is 1.76. The molecule has 0 aliphatic heterocycles. The summed E-state index contributed by atoms with van der Waals surface area (Å²) in [7, 11) is 0. The minimum absolute atomic E-state index is 0.538. The van der Waals surface area contributed by atoms with Crippen molar-refractivity contribution in [3.8, 4) is 0 Å². The Bertz CT molecular complexity index is 496. The maximum absolute atomic E-state index is 8.84. The summed E-state index contributed by atoms with van der Waals surface area (Å²) in [6.45, 7) is 6.53. The molecule has 1 aromatic rings. The lowest BCUT2D eigenvalue weighted by atomic mass is 10.1. The van der Waals surface area contributed by atoms with Crippen molar-refractivity contribution in [2.24, 2.45) is 11.8 Å². The number of rotatable bonds is 8. The molecule has 0 bridgehead atoms. The van der Waals surface area contributed by atoms with Gasteiger partial charge in [0.1, 0.15) is 0 Å². The van der Waals surface area contributed by atoms with Gasteiger partial charge in [-0.3, -0.25) is 10.7 Å². The second-order valence-corrected chi connectivity index (χ2v) is 6.79. The Morgan fingerprint density at radius 2 is 1.73 bits per heavy atom. The number of hydrogen-bond acceptors (Lipinski definition) is 4. The first-order chi connectivity index (χ1) is 10.7. The molecule has 120 valence electrons. The third kappa shape index (κ3) is 4.24. The van der Waals surface area contributed by atoms with Gasteiger partial charge in [-0.2, -0.15) is 0 Å². The molecule has 2 unspecified atom stereocenters. The largest absolute Gasteiger partial charge is 0.382 e. The number of hydrogen-bond donors (Lipinski definition) is 4. The molecule has 0 spiro atoms. The van der Waals surface area contributed by atoms with Gasteiger partial charge in [0.15, 0.2) is 0 Å². The third-order valence-electron chi connectivity index (χ3n) is 4.84. The zero-order chi connectivity index (χ0) is 15.4. The Morgan fingerprint density at radius 3 is 2.41 bits per heavy atom. The van der Waals surface area contributed by atoms with E-state index in [2.05, 4.69) is 22.7 Å². The zero-order valence-corrected chi connectivity index (χ0v) is 13.1. The van der Waals surface area contributed by atoms with Crippen LogP contribution < -0.4 is 16.1 Å². The molecule has 1 aromatic carbocycles. The van der Waals surface area contributed by atoms with E-state index < -0.39 is 0 Å². The van der Waals surface area contributed by atoms with Gasteiger partial charge < -0.3 is 10.6 Å². The lowest BCUT2D eigenvalue weighted by Crippen LogP contribution is -2.27. The Hall–Kier alpha value is -1.52. The predicted octanol–water partition coefficient (Wildman–Crippen LogP) is 3.22. The fourth-order valence-electron chi connectivity index (χ4n) is 3.28. The smallest absolute Gasteiger partial charge is 0.0602 e. The minimum atomic E-state index is 0.538. The highest BCUT2D eigenvalue weighted by Gasteiger charge is 2.26. The molecule has 0 aromatic heterocycles. The van der Waals surface area contributed by atoms with Gasteiger partial charge in [0.05, 0.1) is 5.69 Å². The standard InChI is InChI=1S/C18H27N3O/c1-13(16-5-8-17(21-22)9-6-16)20-18-7-4-15(10-18)12-19-11-14-2-3-14/h5-6,8-9,14-15,18-22H,1-4,7,10-12H2. The number of anilines is 1. The van der Waals surface area contributed by atoms with E-state index >= 15 is 0 Å². The van der Waals surface area contributed by atoms with Crippen LogP contribution in [0, 0.1) is 11.8 Å². The van der Waals surface area contributed by atoms with Gasteiger partial charge in [0, 0.05) is 11.7 Å². The normalized spacial score (nSPS) is 24.2. The Morgan fingerprint density at radius 1 is 1.05 bits per heavy atom. The number of benzene rings is 1. The lowest BCUT2D eigenvalue weighted by molar-refractivity contribution is 0.389. The van der Waals surface area contributed by atoms with Crippen LogP contribution in [0.4, 0.5) is 5.69 Å². The molecule has 2 fully saturated rings. The first-order valence-electron chi connectivity index (χ1n) is 8.41. The van der Waals surface area contributed by atoms with Gasteiger partial charge >= 0.3 is 0 Å². The maximum atomic E-state index is 8.84. The Kier molecular flexibility index (Phi) is 5.01. The van der Waals surface area contributed by atoms with Crippen LogP contribution in [0.3, 0.4) is 0 Å². The van der Waals surface area contributed by atoms with Gasteiger partial charge in [0.2, 0.25) is 0 Å². The fraction of sp³-hybridized carbons (Fsp3) is 0.556. The van der Waals surface area contributed by atoms with Crippen LogP contribution in [0.5, 0.6) is 0 Å². The molecule has 0 amide bonds. The summed E-state index contributed by atoms with van der Waals surface area (Å²) >= 11 is 0. The van der Waals surface area contributed by atoms with E-state index in [1.807, 2.05) is 24.3 Å². The second-order valence-electron chi connectivity index (χ2n) is 6.79. The Labute approximate surface area is 133 Å². The summed E-state index contributed by atoms with van der Waals surface area (Å²) in [5.41, 5.74) is 4.89. The van der Waals surface area contributed by atoms with Gasteiger partial charge in [0.25, 0.3) is 0 Å². The average molecular weight is 301 g/mol. The van der Waals surface area contributed by atoms with E-state index in [0.29, 0.717) is 11.7 Å². The van der Waals surface area contributed by atoms with Crippen LogP contribution in [-0.2, 0) is 0 Å². The summed E-state index contributed by atoms with van der Waals surface area (Å²) < 4.78 is 0. The fourth-order valence-corrected chi connectivity index (χ4v) is 3.28. The highest BCUT2D eigenvalue weighted by atomic mass is 16.5. The monoisotopic (exact) mass is 301 g/mol. The van der Waals surface area contributed by atoms with Crippen molar-refractivity contribution in [2.75, 3.05) is 18.6 Å². The quantitative estimate of drug-likeness (QED) is 0.557. The highest BCUT2D eigenvalue weighted by Crippen LogP contribution is 2.29. The van der Waals surface area contributed by atoms with E-state index in [0.717, 1.165) is 29.6 Å². The van der Waals surface area contributed by atoms with E-state index in [4.69, 9.17) is 5.21 Å². The first-order valence-corrected chi connectivity index (χ1v) is 8.41. The van der Waals surface area contributed by atoms with Gasteiger partial charge in [-0.25, -0.2) is 0 Å². The van der Waals surface area contributed by atoms with E-state index in [-0.39, 0.29) is 0 Å². The lowest BCUT2D eigenvalue weighted by Gasteiger charge is -2.17. The molecule has 2 aliphatic carbocycles. The predicted molar refractivity (Wildman–Crippen MR) is 90.7 cm³/mol. The van der Waals surface area contributed by atoms with Crippen molar-refractivity contribution in [1.29, 1.82) is 0 Å². The molecular weight excluding hydrogens is 274 g/mol. The summed E-state index contributed by atoms with van der Waals surface area (Å²) in [6, 6.07) is 8.17. The molecule has 0 heterocycles. The Balaban J connectivity index is 1.41. The molecule has 2 atom stereocenters. The van der Waals surface area contributed by atoms with E-state index in [9.17, 15) is 0 Å². The molecule has 4 heteroatoms. The minimum Gasteiger partial charge on any atom is -0.382 e. The van der Waals surface area contributed by atoms with Crippen molar-refractivity contribution < 1.29 is 5.21 Å². The van der Waals surface area contributed by atoms with Crippen LogP contribution in [0.1, 0.15) is 37.7 Å². The summed E-state index contributed by atoms with van der Waals surface area (Å²) in [4.78, 5) is 0. The SMILES string of the molecule is C=C(NC1CCC(CNCC2CC2)C1)c1ccc(NO)cc1. The van der Waals surface area contributed by atoms with E-state index in [1.165, 1.54) is 38.6 Å². The van der Waals surface area contributed by atoms with Crippen molar-refractivity contribution in [2.45, 2.75) is 38.1 Å². The van der Waals surface area contributed by atoms with Crippen molar-refractivity contribution >= 4 is 11.4 Å². The average Bonchev–Trinajstić information content (AvgIpc) is 3.26. The number of nitrogens with one attached hydrogen (secondary N) is 3. The van der Waals surface area contributed by atoms with Gasteiger partial charge in [-0.15, -0.1) is 0 Å². The molecule has 0 saturated heterocycles. The molecule has 22 heavy (non-hydrogen) atoms. The molecule has 0 radical (unpaired) electrons. The topological polar surface area (TPSA) is 56.3 Å². The molecule has 4 N–H and O–H groups in total. The van der Waals surface area contributed by atoms with Gasteiger partial charge in [-0.05, 0) is 74.7 Å². The molecular formula is C18H27N3O. The molecule has 3 rings (SSSR count). The molecule has 4 nitrogen and oxygen atoms in total. The summed E-state index contributed by atoms with van der Waals surface area (Å²) in [6.07, 6.45) is 6.60. The van der Waals surface area contributed by atoms with Crippen LogP contribution >= 0.6 is 0 Å². The van der Waals surface area contributed by atoms with Crippen molar-refractivity contribution in [3.05, 3.63) is 36.4 Å².